The van der Waals surface area contributed by atoms with Crippen molar-refractivity contribution in [3.05, 3.63) is 15.4 Å². The zero-order valence-electron chi connectivity index (χ0n) is 11.2. The second-order valence-electron chi connectivity index (χ2n) is 4.89. The molecule has 2 heterocycles. The Morgan fingerprint density at radius 2 is 2.25 bits per heavy atom. The van der Waals surface area contributed by atoms with Crippen LogP contribution in [0.15, 0.2) is 14.1 Å². The van der Waals surface area contributed by atoms with Gasteiger partial charge in [-0.3, -0.25) is 4.79 Å². The van der Waals surface area contributed by atoms with E-state index in [1.165, 1.54) is 4.31 Å². The van der Waals surface area contributed by atoms with Crippen molar-refractivity contribution in [3.8, 4) is 0 Å². The lowest BCUT2D eigenvalue weighted by molar-refractivity contribution is -0.147. The average Bonchev–Trinajstić information content (AvgIpc) is 2.95. The first-order valence-corrected chi connectivity index (χ1v) is 9.33. The lowest BCUT2D eigenvalue weighted by Crippen LogP contribution is -2.52. The quantitative estimate of drug-likeness (QED) is 0.869. The Kier molecular flexibility index (Phi) is 4.30. The minimum Gasteiger partial charge on any atom is -0.480 e. The topological polar surface area (TPSA) is 74.7 Å². The molecule has 0 bridgehead atoms. The lowest BCUT2D eigenvalue weighted by atomic mass is 9.95. The van der Waals surface area contributed by atoms with Crippen LogP contribution in [0.4, 0.5) is 0 Å². The van der Waals surface area contributed by atoms with Crippen LogP contribution in [0.1, 0.15) is 31.7 Å². The van der Waals surface area contributed by atoms with Crippen molar-refractivity contribution < 1.29 is 18.3 Å². The number of carbonyl (C=O) groups is 1. The maximum absolute atomic E-state index is 12.7. The SMILES string of the molecule is CCC1(C(=O)O)CCCN1S(=O)(=O)c1cc(C)c(Br)s1. The number of carboxylic acid groups (broad SMARTS) is 1. The summed E-state index contributed by atoms with van der Waals surface area (Å²) in [4.78, 5) is 11.6. The van der Waals surface area contributed by atoms with E-state index in [1.807, 2.05) is 6.92 Å². The number of aryl methyl sites for hydroxylation is 1. The van der Waals surface area contributed by atoms with Gasteiger partial charge in [-0.25, -0.2) is 8.42 Å². The molecule has 0 radical (unpaired) electrons. The molecule has 1 saturated heterocycles. The molecule has 1 atom stereocenters. The monoisotopic (exact) mass is 381 g/mol. The molecule has 0 aromatic carbocycles. The van der Waals surface area contributed by atoms with Gasteiger partial charge in [-0.05, 0) is 53.7 Å². The highest BCUT2D eigenvalue weighted by Gasteiger charge is 2.52. The van der Waals surface area contributed by atoms with Gasteiger partial charge in [0.05, 0.1) is 3.79 Å². The van der Waals surface area contributed by atoms with Crippen LogP contribution in [0.3, 0.4) is 0 Å². The maximum Gasteiger partial charge on any atom is 0.325 e. The Bertz CT molecular complexity index is 620. The Morgan fingerprint density at radius 1 is 1.60 bits per heavy atom. The zero-order chi connectivity index (χ0) is 15.1. The van der Waals surface area contributed by atoms with Crippen LogP contribution in [-0.4, -0.2) is 35.9 Å². The molecule has 0 aliphatic carbocycles. The van der Waals surface area contributed by atoms with E-state index < -0.39 is 21.5 Å². The van der Waals surface area contributed by atoms with E-state index in [2.05, 4.69) is 15.9 Å². The summed E-state index contributed by atoms with van der Waals surface area (Å²) in [6.45, 7) is 3.79. The summed E-state index contributed by atoms with van der Waals surface area (Å²) < 4.78 is 27.6. The Balaban J connectivity index is 2.51. The number of rotatable bonds is 4. The molecule has 112 valence electrons. The molecule has 2 rings (SSSR count). The smallest absolute Gasteiger partial charge is 0.325 e. The second-order valence-corrected chi connectivity index (χ2v) is 9.35. The van der Waals surface area contributed by atoms with Crippen LogP contribution < -0.4 is 0 Å². The van der Waals surface area contributed by atoms with Crippen molar-refractivity contribution in [2.24, 2.45) is 0 Å². The van der Waals surface area contributed by atoms with Gasteiger partial charge in [0.1, 0.15) is 9.75 Å². The fraction of sp³-hybridized carbons (Fsp3) is 0.583. The second kappa shape index (κ2) is 5.40. The number of halogens is 1. The standard InChI is InChI=1S/C12H16BrNO4S2/c1-3-12(11(15)16)5-4-6-14(12)20(17,18)9-7-8(2)10(13)19-9/h7H,3-6H2,1-2H3,(H,15,16). The molecular weight excluding hydrogens is 366 g/mol. The van der Waals surface area contributed by atoms with Crippen LogP contribution in [-0.2, 0) is 14.8 Å². The van der Waals surface area contributed by atoms with Gasteiger partial charge in [-0.15, -0.1) is 11.3 Å². The Morgan fingerprint density at radius 3 is 2.70 bits per heavy atom. The third-order valence-electron chi connectivity index (χ3n) is 3.79. The van der Waals surface area contributed by atoms with Crippen molar-refractivity contribution >= 4 is 43.3 Å². The zero-order valence-corrected chi connectivity index (χ0v) is 14.4. The minimum absolute atomic E-state index is 0.197. The predicted octanol–water partition coefficient (Wildman–Crippen LogP) is 2.84. The van der Waals surface area contributed by atoms with Crippen LogP contribution in [0, 0.1) is 6.92 Å². The summed E-state index contributed by atoms with van der Waals surface area (Å²) in [7, 11) is -3.76. The van der Waals surface area contributed by atoms with Crippen molar-refractivity contribution in [2.75, 3.05) is 6.54 Å². The molecule has 1 aliphatic rings. The molecule has 1 aromatic rings. The third kappa shape index (κ3) is 2.32. The highest BCUT2D eigenvalue weighted by atomic mass is 79.9. The van der Waals surface area contributed by atoms with Gasteiger partial charge >= 0.3 is 5.97 Å². The molecule has 0 spiro atoms. The van der Waals surface area contributed by atoms with Crippen molar-refractivity contribution in [1.82, 2.24) is 4.31 Å². The van der Waals surface area contributed by atoms with E-state index >= 15 is 0 Å². The molecule has 20 heavy (non-hydrogen) atoms. The first-order chi connectivity index (χ1) is 9.25. The van der Waals surface area contributed by atoms with E-state index in [0.29, 0.717) is 12.8 Å². The third-order valence-corrected chi connectivity index (χ3v) is 8.34. The predicted molar refractivity (Wildman–Crippen MR) is 80.5 cm³/mol. The van der Waals surface area contributed by atoms with Crippen LogP contribution >= 0.6 is 27.3 Å². The fourth-order valence-electron chi connectivity index (χ4n) is 2.59. The Hall–Kier alpha value is -0.440. The molecule has 1 N–H and O–H groups in total. The van der Waals surface area contributed by atoms with Crippen molar-refractivity contribution in [3.63, 3.8) is 0 Å². The number of nitrogens with zero attached hydrogens (tertiary/aromatic N) is 1. The first-order valence-electron chi connectivity index (χ1n) is 6.28. The van der Waals surface area contributed by atoms with Gasteiger partial charge < -0.3 is 5.11 Å². The van der Waals surface area contributed by atoms with Gasteiger partial charge in [0.25, 0.3) is 10.0 Å². The highest BCUT2D eigenvalue weighted by molar-refractivity contribution is 9.11. The van der Waals surface area contributed by atoms with Crippen LogP contribution in [0.25, 0.3) is 0 Å². The van der Waals surface area contributed by atoms with E-state index in [9.17, 15) is 18.3 Å². The fourth-order valence-corrected chi connectivity index (χ4v) is 6.79. The van der Waals surface area contributed by atoms with Crippen LogP contribution in [0.5, 0.6) is 0 Å². The van der Waals surface area contributed by atoms with Gasteiger partial charge in [0, 0.05) is 6.54 Å². The van der Waals surface area contributed by atoms with E-state index in [4.69, 9.17) is 0 Å². The molecule has 1 aliphatic heterocycles. The summed E-state index contributed by atoms with van der Waals surface area (Å²) >= 11 is 4.44. The molecule has 1 unspecified atom stereocenters. The Labute approximate surface area is 130 Å². The number of aliphatic carboxylic acids is 1. The summed E-state index contributed by atoms with van der Waals surface area (Å²) in [5, 5.41) is 9.49. The number of hydrogen-bond donors (Lipinski definition) is 1. The number of carboxylic acids is 1. The average molecular weight is 382 g/mol. The molecule has 0 saturated carbocycles. The van der Waals surface area contributed by atoms with Gasteiger partial charge in [0.2, 0.25) is 0 Å². The van der Waals surface area contributed by atoms with E-state index in [1.54, 1.807) is 13.0 Å². The normalized spacial score (nSPS) is 24.1. The molecule has 5 nitrogen and oxygen atoms in total. The molecule has 1 aromatic heterocycles. The van der Waals surface area contributed by atoms with E-state index in [0.717, 1.165) is 20.7 Å². The molecule has 8 heteroatoms. The van der Waals surface area contributed by atoms with Crippen LogP contribution in [0.2, 0.25) is 0 Å². The van der Waals surface area contributed by atoms with Gasteiger partial charge in [-0.1, -0.05) is 6.92 Å². The summed E-state index contributed by atoms with van der Waals surface area (Å²) in [5.41, 5.74) is -0.464. The molecular formula is C12H16BrNO4S2. The highest BCUT2D eigenvalue weighted by Crippen LogP contribution is 2.40. The summed E-state index contributed by atoms with van der Waals surface area (Å²) in [6.07, 6.45) is 1.21. The largest absolute Gasteiger partial charge is 0.480 e. The van der Waals surface area contributed by atoms with Crippen molar-refractivity contribution in [1.29, 1.82) is 0 Å². The molecule has 1 fully saturated rings. The summed E-state index contributed by atoms with van der Waals surface area (Å²) in [5.74, 6) is -1.06. The number of sulfonamides is 1. The first kappa shape index (κ1) is 15.9. The van der Waals surface area contributed by atoms with Gasteiger partial charge in [0.15, 0.2) is 0 Å². The number of thiophene rings is 1. The van der Waals surface area contributed by atoms with Gasteiger partial charge in [-0.2, -0.15) is 4.31 Å². The lowest BCUT2D eigenvalue weighted by Gasteiger charge is -2.32. The molecule has 0 amide bonds. The summed E-state index contributed by atoms with van der Waals surface area (Å²) in [6, 6.07) is 1.59. The number of hydrogen-bond acceptors (Lipinski definition) is 4. The van der Waals surface area contributed by atoms with E-state index in [-0.39, 0.29) is 17.2 Å². The maximum atomic E-state index is 12.7. The minimum atomic E-state index is -3.76. The van der Waals surface area contributed by atoms with Crippen molar-refractivity contribution in [2.45, 2.75) is 42.9 Å².